The first kappa shape index (κ1) is 13.2. The summed E-state index contributed by atoms with van der Waals surface area (Å²) in [5.41, 5.74) is 0.923. The Labute approximate surface area is 99.9 Å². The van der Waals surface area contributed by atoms with Crippen molar-refractivity contribution in [3.05, 3.63) is 30.1 Å². The third kappa shape index (κ3) is 5.65. The van der Waals surface area contributed by atoms with E-state index in [2.05, 4.69) is 10.3 Å². The molecule has 92 valence electrons. The third-order valence-electron chi connectivity index (χ3n) is 2.27. The van der Waals surface area contributed by atoms with Crippen LogP contribution in [0.4, 0.5) is 0 Å². The Kier molecular flexibility index (Phi) is 5.13. The summed E-state index contributed by atoms with van der Waals surface area (Å²) in [6.07, 6.45) is 3.59. The highest BCUT2D eigenvalue weighted by atomic mass is 16.4. The van der Waals surface area contributed by atoms with Gasteiger partial charge in [0.15, 0.2) is 0 Å². The van der Waals surface area contributed by atoms with E-state index < -0.39 is 5.97 Å². The second kappa shape index (κ2) is 6.62. The van der Waals surface area contributed by atoms with Gasteiger partial charge in [0.2, 0.25) is 5.91 Å². The fourth-order valence-corrected chi connectivity index (χ4v) is 1.46. The summed E-state index contributed by atoms with van der Waals surface area (Å²) in [6, 6.07) is 3.67. The van der Waals surface area contributed by atoms with E-state index in [9.17, 15) is 9.59 Å². The van der Waals surface area contributed by atoms with Crippen LogP contribution in [-0.2, 0) is 16.1 Å². The molecule has 5 nitrogen and oxygen atoms in total. The molecule has 0 aliphatic heterocycles. The Hall–Kier alpha value is -1.91. The predicted molar refractivity (Wildman–Crippen MR) is 62.1 cm³/mol. The van der Waals surface area contributed by atoms with Gasteiger partial charge in [-0.25, -0.2) is 0 Å². The van der Waals surface area contributed by atoms with Crippen molar-refractivity contribution >= 4 is 11.9 Å². The van der Waals surface area contributed by atoms with Crippen molar-refractivity contribution in [3.8, 4) is 0 Å². The molecule has 0 fully saturated rings. The summed E-state index contributed by atoms with van der Waals surface area (Å²) < 4.78 is 0. The summed E-state index contributed by atoms with van der Waals surface area (Å²) in [6.45, 7) is 2.17. The van der Waals surface area contributed by atoms with Crippen molar-refractivity contribution in [2.75, 3.05) is 0 Å². The molecule has 0 saturated carbocycles. The Balaban J connectivity index is 2.28. The molecule has 1 amide bonds. The SMILES string of the molecule is CC(CC(=O)O)CC(=O)NCc1cccnc1. The average Bonchev–Trinajstić information content (AvgIpc) is 2.26. The lowest BCUT2D eigenvalue weighted by molar-refractivity contribution is -0.138. The Bertz CT molecular complexity index is 379. The van der Waals surface area contributed by atoms with E-state index in [0.717, 1.165) is 5.56 Å². The molecule has 1 rings (SSSR count). The van der Waals surface area contributed by atoms with Crippen LogP contribution in [0, 0.1) is 5.92 Å². The molecular formula is C12H16N2O3. The Morgan fingerprint density at radius 3 is 2.82 bits per heavy atom. The van der Waals surface area contributed by atoms with E-state index in [1.54, 1.807) is 25.4 Å². The molecule has 1 aromatic heterocycles. The first-order chi connectivity index (χ1) is 8.08. The number of pyridine rings is 1. The smallest absolute Gasteiger partial charge is 0.303 e. The zero-order valence-corrected chi connectivity index (χ0v) is 9.72. The number of hydrogen-bond acceptors (Lipinski definition) is 3. The van der Waals surface area contributed by atoms with Crippen molar-refractivity contribution < 1.29 is 14.7 Å². The first-order valence-electron chi connectivity index (χ1n) is 5.45. The highest BCUT2D eigenvalue weighted by Crippen LogP contribution is 2.07. The molecule has 2 N–H and O–H groups in total. The highest BCUT2D eigenvalue weighted by molar-refractivity contribution is 5.77. The van der Waals surface area contributed by atoms with Gasteiger partial charge in [0, 0.05) is 31.8 Å². The lowest BCUT2D eigenvalue weighted by Crippen LogP contribution is -2.25. The maximum atomic E-state index is 11.5. The zero-order chi connectivity index (χ0) is 12.7. The monoisotopic (exact) mass is 236 g/mol. The molecule has 1 aromatic rings. The molecule has 1 unspecified atom stereocenters. The van der Waals surface area contributed by atoms with Crippen LogP contribution in [0.5, 0.6) is 0 Å². The van der Waals surface area contributed by atoms with Gasteiger partial charge in [-0.3, -0.25) is 14.6 Å². The summed E-state index contributed by atoms with van der Waals surface area (Å²) in [4.78, 5) is 25.8. The number of aliphatic carboxylic acids is 1. The number of carboxylic acid groups (broad SMARTS) is 1. The number of rotatable bonds is 6. The standard InChI is InChI=1S/C12H16N2O3/c1-9(6-12(16)17)5-11(15)14-8-10-3-2-4-13-7-10/h2-4,7,9H,5-6,8H2,1H3,(H,14,15)(H,16,17). The number of nitrogens with zero attached hydrogens (tertiary/aromatic N) is 1. The average molecular weight is 236 g/mol. The van der Waals surface area contributed by atoms with Crippen molar-refractivity contribution in [2.24, 2.45) is 5.92 Å². The summed E-state index contributed by atoms with van der Waals surface area (Å²) in [7, 11) is 0. The molecule has 5 heteroatoms. The summed E-state index contributed by atoms with van der Waals surface area (Å²) >= 11 is 0. The van der Waals surface area contributed by atoms with Crippen LogP contribution in [-0.4, -0.2) is 22.0 Å². The molecule has 1 heterocycles. The number of carbonyl (C=O) groups excluding carboxylic acids is 1. The minimum atomic E-state index is -0.877. The van der Waals surface area contributed by atoms with Gasteiger partial charge >= 0.3 is 5.97 Å². The minimum absolute atomic E-state index is 0.0142. The number of hydrogen-bond donors (Lipinski definition) is 2. The fraction of sp³-hybridized carbons (Fsp3) is 0.417. The molecule has 0 radical (unpaired) electrons. The van der Waals surface area contributed by atoms with E-state index in [0.29, 0.717) is 6.54 Å². The topological polar surface area (TPSA) is 79.3 Å². The molecule has 0 saturated heterocycles. The second-order valence-corrected chi connectivity index (χ2v) is 4.05. The van der Waals surface area contributed by atoms with Crippen molar-refractivity contribution in [2.45, 2.75) is 26.3 Å². The van der Waals surface area contributed by atoms with Crippen molar-refractivity contribution in [1.82, 2.24) is 10.3 Å². The van der Waals surface area contributed by atoms with Crippen LogP contribution in [0.25, 0.3) is 0 Å². The number of aromatic nitrogens is 1. The van der Waals surface area contributed by atoms with Gasteiger partial charge in [-0.15, -0.1) is 0 Å². The van der Waals surface area contributed by atoms with E-state index >= 15 is 0 Å². The van der Waals surface area contributed by atoms with Gasteiger partial charge in [-0.05, 0) is 17.5 Å². The van der Waals surface area contributed by atoms with Gasteiger partial charge in [-0.1, -0.05) is 13.0 Å². The molecule has 1 atom stereocenters. The normalized spacial score (nSPS) is 11.8. The third-order valence-corrected chi connectivity index (χ3v) is 2.27. The van der Waals surface area contributed by atoms with Gasteiger partial charge in [0.25, 0.3) is 0 Å². The van der Waals surface area contributed by atoms with Crippen LogP contribution in [0.2, 0.25) is 0 Å². The summed E-state index contributed by atoms with van der Waals surface area (Å²) in [5.74, 6) is -1.17. The quantitative estimate of drug-likeness (QED) is 0.777. The molecule has 0 aromatic carbocycles. The van der Waals surface area contributed by atoms with Gasteiger partial charge in [-0.2, -0.15) is 0 Å². The van der Waals surface area contributed by atoms with Crippen LogP contribution in [0.3, 0.4) is 0 Å². The molecule has 17 heavy (non-hydrogen) atoms. The van der Waals surface area contributed by atoms with Gasteiger partial charge < -0.3 is 10.4 Å². The maximum Gasteiger partial charge on any atom is 0.303 e. The lowest BCUT2D eigenvalue weighted by Gasteiger charge is -2.09. The van der Waals surface area contributed by atoms with E-state index in [1.165, 1.54) is 0 Å². The van der Waals surface area contributed by atoms with Gasteiger partial charge in [0.1, 0.15) is 0 Å². The molecule has 0 spiro atoms. The van der Waals surface area contributed by atoms with Crippen LogP contribution < -0.4 is 5.32 Å². The first-order valence-corrected chi connectivity index (χ1v) is 5.45. The van der Waals surface area contributed by atoms with Crippen molar-refractivity contribution in [3.63, 3.8) is 0 Å². The van der Waals surface area contributed by atoms with Gasteiger partial charge in [0.05, 0.1) is 0 Å². The molecule has 0 bridgehead atoms. The molecule has 0 aliphatic rings. The lowest BCUT2D eigenvalue weighted by atomic mass is 10.0. The number of nitrogens with one attached hydrogen (secondary N) is 1. The zero-order valence-electron chi connectivity index (χ0n) is 9.72. The van der Waals surface area contributed by atoms with E-state index in [-0.39, 0.29) is 24.7 Å². The maximum absolute atomic E-state index is 11.5. The minimum Gasteiger partial charge on any atom is -0.481 e. The predicted octanol–water partition coefficient (Wildman–Crippen LogP) is 1.20. The van der Waals surface area contributed by atoms with Crippen LogP contribution >= 0.6 is 0 Å². The van der Waals surface area contributed by atoms with Crippen molar-refractivity contribution in [1.29, 1.82) is 0 Å². The summed E-state index contributed by atoms with van der Waals surface area (Å²) in [5, 5.41) is 11.3. The van der Waals surface area contributed by atoms with E-state index in [4.69, 9.17) is 5.11 Å². The highest BCUT2D eigenvalue weighted by Gasteiger charge is 2.12. The largest absolute Gasteiger partial charge is 0.481 e. The second-order valence-electron chi connectivity index (χ2n) is 4.05. The van der Waals surface area contributed by atoms with Crippen LogP contribution in [0.15, 0.2) is 24.5 Å². The number of amides is 1. The number of carbonyl (C=O) groups is 2. The number of carboxylic acids is 1. The van der Waals surface area contributed by atoms with E-state index in [1.807, 2.05) is 6.07 Å². The van der Waals surface area contributed by atoms with Crippen LogP contribution in [0.1, 0.15) is 25.3 Å². The molecular weight excluding hydrogens is 220 g/mol. The molecule has 0 aliphatic carbocycles. The Morgan fingerprint density at radius 2 is 2.24 bits per heavy atom. The Morgan fingerprint density at radius 1 is 1.47 bits per heavy atom. The fourth-order valence-electron chi connectivity index (χ4n) is 1.46.